The van der Waals surface area contributed by atoms with Crippen molar-refractivity contribution in [2.24, 2.45) is 28.2 Å². The molecule has 2 aromatic carbocycles. The van der Waals surface area contributed by atoms with Gasteiger partial charge in [-0.2, -0.15) is 25.5 Å². The number of nitrogens with one attached hydrogen (secondary N) is 1. The molecule has 0 atom stereocenters. The molecule has 0 aliphatic carbocycles. The van der Waals surface area contributed by atoms with E-state index in [1.54, 1.807) is 88.2 Å². The van der Waals surface area contributed by atoms with Crippen molar-refractivity contribution in [3.63, 3.8) is 0 Å². The lowest BCUT2D eigenvalue weighted by atomic mass is 10.1. The highest BCUT2D eigenvalue weighted by Crippen LogP contribution is 2.34. The van der Waals surface area contributed by atoms with E-state index in [4.69, 9.17) is 12.2 Å². The third-order valence-corrected chi connectivity index (χ3v) is 12.4. The number of aromatic amines is 1. The summed E-state index contributed by atoms with van der Waals surface area (Å²) in [7, 11) is 7.38. The highest BCUT2D eigenvalue weighted by Gasteiger charge is 2.16. The van der Waals surface area contributed by atoms with Crippen LogP contribution in [0.5, 0.6) is 0 Å². The minimum absolute atomic E-state index is 0.269. The number of pyridine rings is 4. The normalized spacial score (nSPS) is 11.3. The first-order chi connectivity index (χ1) is 32.4. The molecule has 0 spiro atoms. The van der Waals surface area contributed by atoms with Crippen LogP contribution in [0.2, 0.25) is 0 Å². The van der Waals surface area contributed by atoms with Crippen molar-refractivity contribution in [1.29, 1.82) is 0 Å². The van der Waals surface area contributed by atoms with Crippen LogP contribution in [-0.2, 0) is 28.2 Å². The molecule has 0 aliphatic heterocycles. The van der Waals surface area contributed by atoms with Crippen molar-refractivity contribution in [1.82, 2.24) is 78.3 Å². The Balaban J connectivity index is 0.000000130. The van der Waals surface area contributed by atoms with Crippen LogP contribution >= 0.6 is 39.9 Å². The average Bonchev–Trinajstić information content (AvgIpc) is 4.22. The minimum Gasteiger partial charge on any atom is -0.277 e. The summed E-state index contributed by atoms with van der Waals surface area (Å²) in [5.74, 6) is -0.588. The van der Waals surface area contributed by atoms with Gasteiger partial charge in [-0.15, -0.1) is 10.2 Å². The molecular weight excluding hydrogens is 959 g/mol. The van der Waals surface area contributed by atoms with Crippen molar-refractivity contribution < 1.29 is 8.78 Å². The smallest absolute Gasteiger partial charge is 0.200 e. The first-order valence-corrected chi connectivity index (χ1v) is 22.3. The summed E-state index contributed by atoms with van der Waals surface area (Å²) >= 11 is 9.89. The highest BCUT2D eigenvalue weighted by molar-refractivity contribution is 9.10. The Hall–Kier alpha value is -7.75. The lowest BCUT2D eigenvalue weighted by molar-refractivity contribution is 0.641. The molecule has 0 aliphatic rings. The molecule has 0 unspecified atom stereocenters. The zero-order chi connectivity index (χ0) is 46.3. The van der Waals surface area contributed by atoms with Gasteiger partial charge in [0.2, 0.25) is 0 Å². The van der Waals surface area contributed by atoms with Crippen LogP contribution in [0.3, 0.4) is 0 Å². The largest absolute Gasteiger partial charge is 0.277 e. The number of halogens is 3. The van der Waals surface area contributed by atoms with E-state index in [1.165, 1.54) is 11.8 Å². The van der Waals surface area contributed by atoms with Crippen molar-refractivity contribution in [3.05, 3.63) is 156 Å². The van der Waals surface area contributed by atoms with Gasteiger partial charge in [0.25, 0.3) is 0 Å². The Labute approximate surface area is 396 Å². The van der Waals surface area contributed by atoms with Gasteiger partial charge in [0, 0.05) is 142 Å². The van der Waals surface area contributed by atoms with Crippen molar-refractivity contribution in [3.8, 4) is 44.5 Å². The number of aromatic nitrogens is 16. The number of benzene rings is 2. The standard InChI is InChI=1S/C23H17FN8S.C13H9BrFN3.C10H9N5S/c1-30-11-15(8-26-30)14-3-6-21-28-29-23(32(21)13-14)33-17-4-5-20-18(7-17)22(24)19(10-25-20)16-9-27-31(2)12-16;1-18-7-8(5-17-18)11-6-16-12-3-2-9(14)4-10(12)13(11)15;1-14-5-8(4-11-14)7-2-3-9-12-13-10(16)15(9)6-7/h3-13H,1-2H3;2-7H,1H3;2-6H,1H3,(H,13,16). The Morgan fingerprint density at radius 3 is 1.60 bits per heavy atom. The van der Waals surface area contributed by atoms with Crippen LogP contribution in [-0.4, -0.2) is 78.3 Å². The van der Waals surface area contributed by atoms with Crippen molar-refractivity contribution in [2.75, 3.05) is 0 Å². The topological polar surface area (TPSA) is 160 Å². The predicted octanol–water partition coefficient (Wildman–Crippen LogP) is 9.70. The maximum absolute atomic E-state index is 15.4. The van der Waals surface area contributed by atoms with Gasteiger partial charge in [-0.25, -0.2) is 8.78 Å². The van der Waals surface area contributed by atoms with Gasteiger partial charge in [0.15, 0.2) is 21.2 Å². The number of hydrogen-bond donors (Lipinski definition) is 1. The lowest BCUT2D eigenvalue weighted by Gasteiger charge is -2.07. The Kier molecular flexibility index (Phi) is 11.5. The zero-order valence-corrected chi connectivity index (χ0v) is 39.1. The first-order valence-electron chi connectivity index (χ1n) is 20.3. The Morgan fingerprint density at radius 2 is 1.04 bits per heavy atom. The zero-order valence-electron chi connectivity index (χ0n) is 35.9. The molecule has 0 amide bonds. The highest BCUT2D eigenvalue weighted by atomic mass is 79.9. The summed E-state index contributed by atoms with van der Waals surface area (Å²) in [6.07, 6.45) is 21.4. The SMILES string of the molecule is Cn1cc(-c2ccc3n[nH]c(=S)n3c2)cn1.Cn1cc(-c2ccc3nnc(Sc4ccc5ncc(-c6cnn(C)c6)c(F)c5c4)n3c2)cn1.Cn1cc(-c2cnc3ccc(Br)cc3c2F)cn1. The summed E-state index contributed by atoms with van der Waals surface area (Å²) < 4.78 is 41.9. The molecule has 332 valence electrons. The van der Waals surface area contributed by atoms with E-state index >= 15 is 4.39 Å². The summed E-state index contributed by atoms with van der Waals surface area (Å²) in [5, 5.41) is 33.6. The van der Waals surface area contributed by atoms with Crippen LogP contribution in [0.1, 0.15) is 0 Å². The van der Waals surface area contributed by atoms with E-state index in [0.29, 0.717) is 48.4 Å². The van der Waals surface area contributed by atoms with Crippen molar-refractivity contribution in [2.45, 2.75) is 10.1 Å². The molecule has 0 bridgehead atoms. The number of H-pyrrole nitrogens is 1. The lowest BCUT2D eigenvalue weighted by Crippen LogP contribution is -1.91. The fraction of sp³-hybridized carbons (Fsp3) is 0.0870. The molecule has 0 radical (unpaired) electrons. The molecule has 21 heteroatoms. The molecule has 1 N–H and O–H groups in total. The molecule has 0 fully saturated rings. The van der Waals surface area contributed by atoms with Gasteiger partial charge in [0.05, 0.1) is 35.8 Å². The second-order valence-corrected chi connectivity index (χ2v) is 17.7. The average molecular weight is 994 g/mol. The minimum atomic E-state index is -0.319. The van der Waals surface area contributed by atoms with Crippen LogP contribution in [0.4, 0.5) is 8.78 Å². The van der Waals surface area contributed by atoms with E-state index in [1.807, 2.05) is 103 Å². The fourth-order valence-corrected chi connectivity index (χ4v) is 8.69. The summed E-state index contributed by atoms with van der Waals surface area (Å²) in [6, 6.07) is 18.7. The second kappa shape index (κ2) is 17.9. The van der Waals surface area contributed by atoms with Crippen molar-refractivity contribution >= 4 is 73.0 Å². The first kappa shape index (κ1) is 43.2. The molecule has 67 heavy (non-hydrogen) atoms. The molecule has 16 nitrogen and oxygen atoms in total. The fourth-order valence-electron chi connectivity index (χ4n) is 7.29. The summed E-state index contributed by atoms with van der Waals surface area (Å²) in [4.78, 5) is 9.55. The van der Waals surface area contributed by atoms with Crippen LogP contribution < -0.4 is 0 Å². The number of hydrogen-bond acceptors (Lipinski definition) is 11. The van der Waals surface area contributed by atoms with E-state index < -0.39 is 0 Å². The molecular formula is C46H35BrF2N16S2. The number of aryl methyl sites for hydroxylation is 4. The molecule has 0 saturated heterocycles. The number of fused-ring (bicyclic) bond motifs is 4. The predicted molar refractivity (Wildman–Crippen MR) is 257 cm³/mol. The maximum atomic E-state index is 15.4. The second-order valence-electron chi connectivity index (χ2n) is 15.3. The third kappa shape index (κ3) is 8.86. The van der Waals surface area contributed by atoms with Crippen LogP contribution in [0, 0.1) is 16.4 Å². The van der Waals surface area contributed by atoms with E-state index in [0.717, 1.165) is 48.5 Å². The van der Waals surface area contributed by atoms with Crippen LogP contribution in [0.25, 0.3) is 77.6 Å². The molecule has 0 saturated carbocycles. The summed E-state index contributed by atoms with van der Waals surface area (Å²) in [6.45, 7) is 0. The van der Waals surface area contributed by atoms with Gasteiger partial charge in [-0.1, -0.05) is 15.9 Å². The van der Waals surface area contributed by atoms with Gasteiger partial charge in [-0.05, 0) is 84.6 Å². The Morgan fingerprint density at radius 1 is 0.537 bits per heavy atom. The third-order valence-electron chi connectivity index (χ3n) is 10.6. The number of nitrogens with zero attached hydrogens (tertiary/aromatic N) is 15. The quantitative estimate of drug-likeness (QED) is 0.158. The van der Waals surface area contributed by atoms with Gasteiger partial charge in [-0.3, -0.25) is 42.6 Å². The summed E-state index contributed by atoms with van der Waals surface area (Å²) in [5.41, 5.74) is 9.23. The van der Waals surface area contributed by atoms with E-state index in [9.17, 15) is 4.39 Å². The van der Waals surface area contributed by atoms with Gasteiger partial charge < -0.3 is 0 Å². The molecule has 12 aromatic rings. The Bertz CT molecular complexity index is 3840. The molecule has 10 aromatic heterocycles. The van der Waals surface area contributed by atoms with E-state index in [-0.39, 0.29) is 11.6 Å². The van der Waals surface area contributed by atoms with Gasteiger partial charge in [0.1, 0.15) is 11.6 Å². The maximum Gasteiger partial charge on any atom is 0.200 e. The van der Waals surface area contributed by atoms with Gasteiger partial charge >= 0.3 is 0 Å². The van der Waals surface area contributed by atoms with E-state index in [2.05, 4.69) is 66.7 Å². The molecule has 12 rings (SSSR count). The monoisotopic (exact) mass is 992 g/mol. The van der Waals surface area contributed by atoms with Crippen LogP contribution in [0.15, 0.2) is 150 Å². The number of rotatable bonds is 6. The molecule has 10 heterocycles.